The standard InChI is InChI=1S/C15H19N3O5/c1-3-17-11-6-4-5-7-12(11)18(15(17)22)8-13(19)16-10(9-23-2)14(20)21/h4-7,10H,3,8-9H2,1-2H3,(H,16,19)(H,20,21). The zero-order valence-electron chi connectivity index (χ0n) is 13.0. The largest absolute Gasteiger partial charge is 0.480 e. The maximum absolute atomic E-state index is 12.4. The van der Waals surface area contributed by atoms with E-state index < -0.39 is 17.9 Å². The van der Waals surface area contributed by atoms with Crippen molar-refractivity contribution in [3.8, 4) is 0 Å². The molecule has 8 nitrogen and oxygen atoms in total. The van der Waals surface area contributed by atoms with Crippen LogP contribution in [0.5, 0.6) is 0 Å². The molecule has 0 aliphatic carbocycles. The van der Waals surface area contributed by atoms with Crippen LogP contribution in [0.2, 0.25) is 0 Å². The molecule has 1 aromatic carbocycles. The highest BCUT2D eigenvalue weighted by atomic mass is 16.5. The van der Waals surface area contributed by atoms with Crippen LogP contribution in [0.15, 0.2) is 29.1 Å². The van der Waals surface area contributed by atoms with Crippen LogP contribution in [-0.4, -0.2) is 45.9 Å². The van der Waals surface area contributed by atoms with E-state index in [9.17, 15) is 14.4 Å². The number of nitrogens with zero attached hydrogens (tertiary/aromatic N) is 2. The van der Waals surface area contributed by atoms with Crippen LogP contribution in [0.25, 0.3) is 11.0 Å². The summed E-state index contributed by atoms with van der Waals surface area (Å²) in [7, 11) is 1.35. The van der Waals surface area contributed by atoms with Gasteiger partial charge in [0.15, 0.2) is 6.04 Å². The van der Waals surface area contributed by atoms with Gasteiger partial charge in [-0.25, -0.2) is 9.59 Å². The first-order valence-electron chi connectivity index (χ1n) is 7.18. The number of rotatable bonds is 7. The van der Waals surface area contributed by atoms with E-state index in [1.165, 1.54) is 11.7 Å². The molecule has 1 heterocycles. The maximum Gasteiger partial charge on any atom is 0.329 e. The van der Waals surface area contributed by atoms with Crippen LogP contribution in [0.3, 0.4) is 0 Å². The smallest absolute Gasteiger partial charge is 0.329 e. The van der Waals surface area contributed by atoms with E-state index in [1.54, 1.807) is 22.8 Å². The molecule has 0 radical (unpaired) electrons. The molecule has 0 spiro atoms. The van der Waals surface area contributed by atoms with Crippen molar-refractivity contribution in [1.29, 1.82) is 0 Å². The molecule has 2 N–H and O–H groups in total. The number of hydrogen-bond donors (Lipinski definition) is 2. The van der Waals surface area contributed by atoms with E-state index in [0.29, 0.717) is 12.1 Å². The number of para-hydroxylation sites is 2. The van der Waals surface area contributed by atoms with Gasteiger partial charge in [-0.15, -0.1) is 0 Å². The van der Waals surface area contributed by atoms with Crippen molar-refractivity contribution in [2.75, 3.05) is 13.7 Å². The molecule has 2 aromatic rings. The van der Waals surface area contributed by atoms with Gasteiger partial charge in [0, 0.05) is 13.7 Å². The van der Waals surface area contributed by atoms with Crippen LogP contribution in [0.1, 0.15) is 6.92 Å². The first kappa shape index (κ1) is 16.8. The average Bonchev–Trinajstić information content (AvgIpc) is 2.79. The second-order valence-electron chi connectivity index (χ2n) is 5.02. The summed E-state index contributed by atoms with van der Waals surface area (Å²) in [5, 5.41) is 11.4. The zero-order chi connectivity index (χ0) is 17.0. The van der Waals surface area contributed by atoms with Gasteiger partial charge in [0.25, 0.3) is 0 Å². The lowest BCUT2D eigenvalue weighted by molar-refractivity contribution is -0.143. The van der Waals surface area contributed by atoms with Gasteiger partial charge >= 0.3 is 11.7 Å². The number of nitrogens with one attached hydrogen (secondary N) is 1. The number of hydrogen-bond acceptors (Lipinski definition) is 4. The minimum absolute atomic E-state index is 0.146. The summed E-state index contributed by atoms with van der Waals surface area (Å²) in [6.45, 7) is 1.93. The summed E-state index contributed by atoms with van der Waals surface area (Å²) in [6, 6.07) is 6.00. The molecule has 1 amide bonds. The summed E-state index contributed by atoms with van der Waals surface area (Å²) in [6.07, 6.45) is 0. The Morgan fingerprint density at radius 2 is 1.87 bits per heavy atom. The van der Waals surface area contributed by atoms with E-state index in [0.717, 1.165) is 5.52 Å². The van der Waals surface area contributed by atoms with E-state index in [2.05, 4.69) is 5.32 Å². The molecular formula is C15H19N3O5. The molecule has 0 saturated carbocycles. The van der Waals surface area contributed by atoms with Gasteiger partial charge in [-0.1, -0.05) is 12.1 Å². The third kappa shape index (κ3) is 3.42. The number of ether oxygens (including phenoxy) is 1. The van der Waals surface area contributed by atoms with Crippen LogP contribution in [0.4, 0.5) is 0 Å². The number of aromatic nitrogens is 2. The van der Waals surface area contributed by atoms with Crippen LogP contribution < -0.4 is 11.0 Å². The summed E-state index contributed by atoms with van der Waals surface area (Å²) < 4.78 is 7.66. The monoisotopic (exact) mass is 321 g/mol. The summed E-state index contributed by atoms with van der Waals surface area (Å²) >= 11 is 0. The van der Waals surface area contributed by atoms with E-state index in [4.69, 9.17) is 9.84 Å². The Morgan fingerprint density at radius 1 is 1.26 bits per heavy atom. The minimum Gasteiger partial charge on any atom is -0.480 e. The van der Waals surface area contributed by atoms with Crippen molar-refractivity contribution >= 4 is 22.9 Å². The van der Waals surface area contributed by atoms with Gasteiger partial charge in [-0.3, -0.25) is 13.9 Å². The van der Waals surface area contributed by atoms with E-state index in [-0.39, 0.29) is 18.8 Å². The molecule has 0 bridgehead atoms. The Bertz CT molecular complexity index is 777. The molecular weight excluding hydrogens is 302 g/mol. The highest BCUT2D eigenvalue weighted by Crippen LogP contribution is 2.12. The van der Waals surface area contributed by atoms with Crippen LogP contribution in [-0.2, 0) is 27.4 Å². The average molecular weight is 321 g/mol. The predicted molar refractivity (Wildman–Crippen MR) is 83.3 cm³/mol. The zero-order valence-corrected chi connectivity index (χ0v) is 13.0. The minimum atomic E-state index is -1.19. The molecule has 0 saturated heterocycles. The molecule has 8 heteroatoms. The number of benzene rings is 1. The SMILES string of the molecule is CCn1c(=O)n(CC(=O)NC(COC)C(=O)O)c2ccccc21. The van der Waals surface area contributed by atoms with Gasteiger partial charge in [0.2, 0.25) is 5.91 Å². The van der Waals surface area contributed by atoms with Crippen LogP contribution in [0, 0.1) is 0 Å². The fourth-order valence-corrected chi connectivity index (χ4v) is 2.46. The molecule has 0 fully saturated rings. The Hall–Kier alpha value is -2.61. The lowest BCUT2D eigenvalue weighted by atomic mass is 10.3. The number of amides is 1. The topological polar surface area (TPSA) is 103 Å². The molecule has 124 valence electrons. The van der Waals surface area contributed by atoms with Crippen molar-refractivity contribution < 1.29 is 19.4 Å². The Kier molecular flexibility index (Phi) is 5.17. The number of fused-ring (bicyclic) bond motifs is 1. The van der Waals surface area contributed by atoms with Gasteiger partial charge in [-0.05, 0) is 19.1 Å². The molecule has 23 heavy (non-hydrogen) atoms. The number of carboxylic acids is 1. The predicted octanol–water partition coefficient (Wildman–Crippen LogP) is 0.0387. The molecule has 1 aromatic heterocycles. The Labute approximate surface area is 132 Å². The first-order valence-corrected chi connectivity index (χ1v) is 7.18. The molecule has 0 aliphatic heterocycles. The highest BCUT2D eigenvalue weighted by molar-refractivity contribution is 5.85. The maximum atomic E-state index is 12.4. The Balaban J connectivity index is 2.28. The molecule has 1 unspecified atom stereocenters. The number of aryl methyl sites for hydroxylation is 1. The number of aliphatic carboxylic acids is 1. The number of imidazole rings is 1. The molecule has 2 rings (SSSR count). The van der Waals surface area contributed by atoms with Gasteiger partial charge < -0.3 is 15.2 Å². The van der Waals surface area contributed by atoms with Crippen molar-refractivity contribution in [3.63, 3.8) is 0 Å². The van der Waals surface area contributed by atoms with E-state index >= 15 is 0 Å². The number of carboxylic acid groups (broad SMARTS) is 1. The normalized spacial score (nSPS) is 12.3. The first-order chi connectivity index (χ1) is 11.0. The van der Waals surface area contributed by atoms with Crippen molar-refractivity contribution in [2.45, 2.75) is 26.1 Å². The number of carbonyl (C=O) groups excluding carboxylic acids is 1. The lowest BCUT2D eigenvalue weighted by Gasteiger charge is -2.13. The second kappa shape index (κ2) is 7.10. The highest BCUT2D eigenvalue weighted by Gasteiger charge is 2.21. The summed E-state index contributed by atoms with van der Waals surface area (Å²) in [5.41, 5.74) is 1.06. The van der Waals surface area contributed by atoms with Gasteiger partial charge in [0.05, 0.1) is 17.6 Å². The fourth-order valence-electron chi connectivity index (χ4n) is 2.46. The van der Waals surface area contributed by atoms with E-state index in [1.807, 2.05) is 13.0 Å². The van der Waals surface area contributed by atoms with Crippen molar-refractivity contribution in [3.05, 3.63) is 34.7 Å². The van der Waals surface area contributed by atoms with Crippen molar-refractivity contribution in [1.82, 2.24) is 14.5 Å². The van der Waals surface area contributed by atoms with Gasteiger partial charge in [0.1, 0.15) is 6.54 Å². The summed E-state index contributed by atoms with van der Waals surface area (Å²) in [5.74, 6) is -1.75. The van der Waals surface area contributed by atoms with Gasteiger partial charge in [-0.2, -0.15) is 0 Å². The molecule has 1 atom stereocenters. The number of methoxy groups -OCH3 is 1. The fraction of sp³-hybridized carbons (Fsp3) is 0.400. The Morgan fingerprint density at radius 3 is 2.39 bits per heavy atom. The third-order valence-electron chi connectivity index (χ3n) is 3.51. The second-order valence-corrected chi connectivity index (χ2v) is 5.02. The molecule has 0 aliphatic rings. The van der Waals surface area contributed by atoms with Crippen LogP contribution >= 0.6 is 0 Å². The quantitative estimate of drug-likeness (QED) is 0.749. The number of carbonyl (C=O) groups is 2. The third-order valence-corrected chi connectivity index (χ3v) is 3.51. The van der Waals surface area contributed by atoms with Crippen molar-refractivity contribution in [2.24, 2.45) is 0 Å². The summed E-state index contributed by atoms with van der Waals surface area (Å²) in [4.78, 5) is 35.5. The lowest BCUT2D eigenvalue weighted by Crippen LogP contribution is -2.45.